The second-order valence-corrected chi connectivity index (χ2v) is 8.52. The molecule has 3 aromatic carbocycles. The van der Waals surface area contributed by atoms with Gasteiger partial charge >= 0.3 is 5.97 Å². The van der Waals surface area contributed by atoms with Gasteiger partial charge in [0.05, 0.1) is 18.6 Å². The third-order valence-corrected chi connectivity index (χ3v) is 4.29. The molecule has 0 radical (unpaired) electrons. The van der Waals surface area contributed by atoms with E-state index >= 15 is 0 Å². The van der Waals surface area contributed by atoms with Gasteiger partial charge in [-0.3, -0.25) is 4.79 Å². The lowest BCUT2D eigenvalue weighted by Crippen LogP contribution is -2.28. The minimum atomic E-state index is -0.613. The lowest BCUT2D eigenvalue weighted by Gasteiger charge is -2.18. The summed E-state index contributed by atoms with van der Waals surface area (Å²) in [5.41, 5.74) is 3.40. The van der Waals surface area contributed by atoms with Gasteiger partial charge in [0.25, 0.3) is 5.91 Å². The third kappa shape index (κ3) is 7.47. The zero-order valence-corrected chi connectivity index (χ0v) is 18.5. The van der Waals surface area contributed by atoms with Crippen molar-refractivity contribution in [1.29, 1.82) is 0 Å². The number of carbonyl (C=O) groups is 2. The summed E-state index contributed by atoms with van der Waals surface area (Å²) < 4.78 is 11.6. The van der Waals surface area contributed by atoms with Crippen LogP contribution in [0.1, 0.15) is 36.7 Å². The van der Waals surface area contributed by atoms with E-state index in [1.54, 1.807) is 54.6 Å². The predicted octanol–water partition coefficient (Wildman–Crippen LogP) is 5.33. The van der Waals surface area contributed by atoms with Gasteiger partial charge < -0.3 is 14.3 Å². The van der Waals surface area contributed by atoms with Gasteiger partial charge in [-0.15, -0.1) is 0 Å². The third-order valence-electron chi connectivity index (χ3n) is 4.29. The molecule has 0 heterocycles. The van der Waals surface area contributed by atoms with Crippen molar-refractivity contribution >= 4 is 11.9 Å². The molecule has 1 N–H and O–H groups in total. The molecule has 0 unspecified atom stereocenters. The maximum atomic E-state index is 12.0. The number of hydroxylamine groups is 1. The van der Waals surface area contributed by atoms with E-state index in [1.165, 1.54) is 0 Å². The number of amides is 1. The van der Waals surface area contributed by atoms with E-state index in [1.807, 2.05) is 24.3 Å². The summed E-state index contributed by atoms with van der Waals surface area (Å²) in [6, 6.07) is 23.0. The van der Waals surface area contributed by atoms with Crippen LogP contribution in [-0.2, 0) is 16.1 Å². The van der Waals surface area contributed by atoms with Crippen LogP contribution < -0.4 is 15.0 Å². The molecular formula is C26H27NO5. The molecule has 0 bridgehead atoms. The second-order valence-electron chi connectivity index (χ2n) is 8.52. The molecule has 0 aliphatic heterocycles. The van der Waals surface area contributed by atoms with Gasteiger partial charge in [0.15, 0.2) is 0 Å². The molecule has 0 saturated carbocycles. The topological polar surface area (TPSA) is 73.9 Å². The van der Waals surface area contributed by atoms with Crippen LogP contribution in [0.15, 0.2) is 78.9 Å². The van der Waals surface area contributed by atoms with Crippen LogP contribution in [-0.4, -0.2) is 18.5 Å². The van der Waals surface area contributed by atoms with Crippen LogP contribution in [0.25, 0.3) is 0 Å². The average Bonchev–Trinajstić information content (AvgIpc) is 2.78. The van der Waals surface area contributed by atoms with E-state index in [4.69, 9.17) is 14.3 Å². The number of ether oxygens (including phenoxy) is 2. The van der Waals surface area contributed by atoms with Crippen molar-refractivity contribution in [3.05, 3.63) is 90.0 Å². The Morgan fingerprint density at radius 2 is 1.34 bits per heavy atom. The summed E-state index contributed by atoms with van der Waals surface area (Å²) in [7, 11) is 0. The highest BCUT2D eigenvalue weighted by molar-refractivity contribution is 5.90. The lowest BCUT2D eigenvalue weighted by molar-refractivity contribution is -0.129. The Bertz CT molecular complexity index is 1020. The Labute approximate surface area is 188 Å². The Morgan fingerprint density at radius 3 is 1.94 bits per heavy atom. The fourth-order valence-corrected chi connectivity index (χ4v) is 2.67. The van der Waals surface area contributed by atoms with Gasteiger partial charge in [-0.1, -0.05) is 51.1 Å². The monoisotopic (exact) mass is 433 g/mol. The predicted molar refractivity (Wildman–Crippen MR) is 122 cm³/mol. The molecule has 1 amide bonds. The van der Waals surface area contributed by atoms with E-state index in [2.05, 4.69) is 26.3 Å². The SMILES string of the molecule is CC(C)(C)COc1ccc(Oc2ccc(CC(=O)NOC(=O)c3ccccc3)cc2)cc1. The maximum absolute atomic E-state index is 12.0. The number of rotatable bonds is 7. The van der Waals surface area contributed by atoms with E-state index in [9.17, 15) is 9.59 Å². The van der Waals surface area contributed by atoms with Crippen molar-refractivity contribution in [2.45, 2.75) is 27.2 Å². The molecule has 3 rings (SSSR count). The van der Waals surface area contributed by atoms with Gasteiger partial charge in [0.1, 0.15) is 17.2 Å². The van der Waals surface area contributed by atoms with Crippen molar-refractivity contribution in [3.63, 3.8) is 0 Å². The Kier molecular flexibility index (Phi) is 7.49. The first-order valence-electron chi connectivity index (χ1n) is 10.3. The summed E-state index contributed by atoms with van der Waals surface area (Å²) in [5.74, 6) is 1.09. The Morgan fingerprint density at radius 1 is 0.781 bits per heavy atom. The molecule has 0 fully saturated rings. The zero-order chi connectivity index (χ0) is 23.0. The van der Waals surface area contributed by atoms with Crippen LogP contribution in [0.3, 0.4) is 0 Å². The van der Waals surface area contributed by atoms with E-state index in [-0.39, 0.29) is 11.8 Å². The van der Waals surface area contributed by atoms with Gasteiger partial charge in [-0.2, -0.15) is 5.48 Å². The highest BCUT2D eigenvalue weighted by Crippen LogP contribution is 2.25. The highest BCUT2D eigenvalue weighted by atomic mass is 16.7. The van der Waals surface area contributed by atoms with E-state index < -0.39 is 11.9 Å². The number of nitrogens with one attached hydrogen (secondary N) is 1. The van der Waals surface area contributed by atoms with Crippen molar-refractivity contribution in [1.82, 2.24) is 5.48 Å². The maximum Gasteiger partial charge on any atom is 0.362 e. The number of benzene rings is 3. The normalized spacial score (nSPS) is 10.8. The van der Waals surface area contributed by atoms with Crippen LogP contribution in [0.5, 0.6) is 17.2 Å². The van der Waals surface area contributed by atoms with Crippen LogP contribution in [0.4, 0.5) is 0 Å². The van der Waals surface area contributed by atoms with Crippen LogP contribution in [0.2, 0.25) is 0 Å². The lowest BCUT2D eigenvalue weighted by atomic mass is 9.99. The summed E-state index contributed by atoms with van der Waals surface area (Å²) in [4.78, 5) is 28.7. The van der Waals surface area contributed by atoms with Crippen molar-refractivity contribution in [2.24, 2.45) is 5.41 Å². The summed E-state index contributed by atoms with van der Waals surface area (Å²) in [6.45, 7) is 6.99. The van der Waals surface area contributed by atoms with Crippen molar-refractivity contribution in [3.8, 4) is 17.2 Å². The summed E-state index contributed by atoms with van der Waals surface area (Å²) >= 11 is 0. The molecule has 0 aromatic heterocycles. The van der Waals surface area contributed by atoms with Crippen molar-refractivity contribution < 1.29 is 23.9 Å². The molecule has 0 saturated heterocycles. The first-order valence-corrected chi connectivity index (χ1v) is 10.3. The fraction of sp³-hybridized carbons (Fsp3) is 0.231. The van der Waals surface area contributed by atoms with E-state index in [0.717, 1.165) is 11.3 Å². The fourth-order valence-electron chi connectivity index (χ4n) is 2.67. The number of hydrogen-bond acceptors (Lipinski definition) is 5. The summed E-state index contributed by atoms with van der Waals surface area (Å²) in [6.07, 6.45) is 0.0716. The van der Waals surface area contributed by atoms with Crippen molar-refractivity contribution in [2.75, 3.05) is 6.61 Å². The molecule has 6 heteroatoms. The van der Waals surface area contributed by atoms with Gasteiger partial charge in [0, 0.05) is 0 Å². The largest absolute Gasteiger partial charge is 0.493 e. The average molecular weight is 434 g/mol. The zero-order valence-electron chi connectivity index (χ0n) is 18.5. The highest BCUT2D eigenvalue weighted by Gasteiger charge is 2.12. The van der Waals surface area contributed by atoms with Crippen LogP contribution >= 0.6 is 0 Å². The number of hydrogen-bond donors (Lipinski definition) is 1. The van der Waals surface area contributed by atoms with Gasteiger partial charge in [0.2, 0.25) is 0 Å². The molecule has 32 heavy (non-hydrogen) atoms. The van der Waals surface area contributed by atoms with Crippen LogP contribution in [0, 0.1) is 5.41 Å². The van der Waals surface area contributed by atoms with Gasteiger partial charge in [-0.05, 0) is 59.5 Å². The molecule has 166 valence electrons. The molecule has 3 aromatic rings. The van der Waals surface area contributed by atoms with E-state index in [0.29, 0.717) is 23.7 Å². The first kappa shape index (κ1) is 22.9. The molecule has 0 spiro atoms. The molecular weight excluding hydrogens is 406 g/mol. The minimum absolute atomic E-state index is 0.0716. The molecule has 0 aliphatic rings. The molecule has 6 nitrogen and oxygen atoms in total. The second kappa shape index (κ2) is 10.5. The first-order chi connectivity index (χ1) is 15.3. The minimum Gasteiger partial charge on any atom is -0.493 e. The Balaban J connectivity index is 1.46. The quantitative estimate of drug-likeness (QED) is 0.510. The Hall–Kier alpha value is -3.80. The molecule has 0 atom stereocenters. The van der Waals surface area contributed by atoms with Gasteiger partial charge in [-0.25, -0.2) is 4.79 Å². The smallest absolute Gasteiger partial charge is 0.362 e. The standard InChI is InChI=1S/C26H27NO5/c1-26(2,3)18-30-21-13-15-23(16-14-21)31-22-11-9-19(10-12-22)17-24(28)27-32-25(29)20-7-5-4-6-8-20/h4-16H,17-18H2,1-3H3,(H,27,28). The molecule has 0 aliphatic carbocycles. The number of carbonyl (C=O) groups excluding carboxylic acids is 2. The summed E-state index contributed by atoms with van der Waals surface area (Å²) in [5, 5.41) is 0.